The molecule has 48 heavy (non-hydrogen) atoms. The number of aliphatic carboxylic acids is 2. The molecule has 0 spiro atoms. The average Bonchev–Trinajstić information content (AvgIpc) is 2.98. The van der Waals surface area contributed by atoms with Crippen molar-refractivity contribution in [3.05, 3.63) is 35.9 Å². The maximum absolute atomic E-state index is 13.4. The number of hydrogen-bond acceptors (Lipinski definition) is 8. The maximum atomic E-state index is 13.4. The number of nitrogens with one attached hydrogen (secondary N) is 5. The summed E-state index contributed by atoms with van der Waals surface area (Å²) in [6.07, 6.45) is -5.42. The third kappa shape index (κ3) is 15.2. The van der Waals surface area contributed by atoms with E-state index in [-0.39, 0.29) is 25.3 Å². The van der Waals surface area contributed by atoms with Gasteiger partial charge in [-0.25, -0.2) is 4.79 Å². The van der Waals surface area contributed by atoms with Crippen molar-refractivity contribution >= 4 is 47.4 Å². The molecule has 1 aliphatic heterocycles. The Balaban J connectivity index is 0.00000148. The lowest BCUT2D eigenvalue weighted by molar-refractivity contribution is -0.192. The smallest absolute Gasteiger partial charge is 0.481 e. The Hall–Kier alpha value is -5.43. The van der Waals surface area contributed by atoms with Crippen molar-refractivity contribution < 1.29 is 56.9 Å². The highest BCUT2D eigenvalue weighted by Crippen LogP contribution is 2.13. The number of alkyl halides is 3. The molecule has 266 valence electrons. The Morgan fingerprint density at radius 2 is 1.44 bits per heavy atom. The number of nitrogens with zero attached hydrogens (tertiary/aromatic N) is 1. The van der Waals surface area contributed by atoms with Crippen molar-refractivity contribution in [2.24, 2.45) is 22.4 Å². The third-order valence-electron chi connectivity index (χ3n) is 6.44. The molecule has 5 amide bonds. The third-order valence-corrected chi connectivity index (χ3v) is 6.44. The standard InChI is InChI=1S/C26H38N8O7.C2HF3O2/c1-14(2)21-25(41)32-16(9-6-10-29-26(27)28)22(38)30-13-19(35)31-18(12-20(36)37)23(39)33-17(24(40)34-21)11-15-7-4-3-5-8-15;3-2(4,5)1(6)7/h3-5,7-8,14,16-18,21H,6,9-13H2,1-2H3,(H,30,38)(H,31,35)(H,32,41)(H,33,39)(H,34,40)(H,36,37)(H4,27,28,29);(H,6,7). The summed E-state index contributed by atoms with van der Waals surface area (Å²) in [4.78, 5) is 89.6. The van der Waals surface area contributed by atoms with Gasteiger partial charge in [-0.05, 0) is 24.3 Å². The molecule has 0 radical (unpaired) electrons. The largest absolute Gasteiger partial charge is 0.490 e. The second-order valence-electron chi connectivity index (χ2n) is 10.7. The zero-order chi connectivity index (χ0) is 36.6. The van der Waals surface area contributed by atoms with Gasteiger partial charge in [-0.2, -0.15) is 13.2 Å². The van der Waals surface area contributed by atoms with E-state index in [1.165, 1.54) is 0 Å². The lowest BCUT2D eigenvalue weighted by Gasteiger charge is -2.27. The Morgan fingerprint density at radius 3 is 1.96 bits per heavy atom. The summed E-state index contributed by atoms with van der Waals surface area (Å²) >= 11 is 0. The lowest BCUT2D eigenvalue weighted by atomic mass is 10.00. The van der Waals surface area contributed by atoms with Crippen LogP contribution in [0.3, 0.4) is 0 Å². The molecule has 1 heterocycles. The molecule has 1 aromatic rings. The summed E-state index contributed by atoms with van der Waals surface area (Å²) in [6, 6.07) is 3.79. The molecule has 0 aliphatic carbocycles. The summed E-state index contributed by atoms with van der Waals surface area (Å²) in [7, 11) is 0. The molecule has 0 aromatic heterocycles. The first-order chi connectivity index (χ1) is 22.3. The van der Waals surface area contributed by atoms with E-state index in [1.807, 2.05) is 0 Å². The summed E-state index contributed by atoms with van der Waals surface area (Å²) in [5, 5.41) is 28.9. The van der Waals surface area contributed by atoms with Gasteiger partial charge in [0.25, 0.3) is 0 Å². The van der Waals surface area contributed by atoms with Crippen LogP contribution in [-0.2, 0) is 40.0 Å². The fourth-order valence-electron chi connectivity index (χ4n) is 4.07. The maximum Gasteiger partial charge on any atom is 0.490 e. The number of aliphatic imine (C=N–C) groups is 1. The monoisotopic (exact) mass is 688 g/mol. The predicted octanol–water partition coefficient (Wildman–Crippen LogP) is -1.88. The quantitative estimate of drug-likeness (QED) is 0.0786. The molecule has 20 heteroatoms. The van der Waals surface area contributed by atoms with E-state index in [1.54, 1.807) is 44.2 Å². The van der Waals surface area contributed by atoms with Crippen LogP contribution in [0.1, 0.15) is 38.7 Å². The van der Waals surface area contributed by atoms with Gasteiger partial charge in [0.05, 0.1) is 13.0 Å². The minimum Gasteiger partial charge on any atom is -0.481 e. The summed E-state index contributed by atoms with van der Waals surface area (Å²) in [6.45, 7) is 2.98. The highest BCUT2D eigenvalue weighted by molar-refractivity contribution is 5.98. The van der Waals surface area contributed by atoms with Gasteiger partial charge < -0.3 is 48.3 Å². The zero-order valence-electron chi connectivity index (χ0n) is 26.0. The first kappa shape index (κ1) is 40.6. The van der Waals surface area contributed by atoms with E-state index in [2.05, 4.69) is 31.6 Å². The predicted molar refractivity (Wildman–Crippen MR) is 162 cm³/mol. The van der Waals surface area contributed by atoms with Crippen LogP contribution in [0, 0.1) is 5.92 Å². The number of carboxylic acid groups (broad SMARTS) is 2. The van der Waals surface area contributed by atoms with E-state index < -0.39 is 90.7 Å². The molecule has 0 saturated carbocycles. The van der Waals surface area contributed by atoms with Gasteiger partial charge in [-0.3, -0.25) is 33.8 Å². The molecule has 4 unspecified atom stereocenters. The van der Waals surface area contributed by atoms with Gasteiger partial charge in [0.15, 0.2) is 5.96 Å². The van der Waals surface area contributed by atoms with E-state index in [0.717, 1.165) is 0 Å². The second-order valence-corrected chi connectivity index (χ2v) is 10.7. The van der Waals surface area contributed by atoms with E-state index in [0.29, 0.717) is 12.0 Å². The number of guanidine groups is 1. The molecule has 11 N–H and O–H groups in total. The Morgan fingerprint density at radius 1 is 0.875 bits per heavy atom. The van der Waals surface area contributed by atoms with Gasteiger partial charge in [-0.1, -0.05) is 44.2 Å². The van der Waals surface area contributed by atoms with Crippen molar-refractivity contribution in [2.45, 2.75) is 69.9 Å². The number of carbonyl (C=O) groups is 7. The van der Waals surface area contributed by atoms with E-state index >= 15 is 0 Å². The summed E-state index contributed by atoms with van der Waals surface area (Å²) in [5.41, 5.74) is 11.4. The van der Waals surface area contributed by atoms with Crippen LogP contribution in [0.15, 0.2) is 35.3 Å². The van der Waals surface area contributed by atoms with Crippen LogP contribution < -0.4 is 38.1 Å². The van der Waals surface area contributed by atoms with E-state index in [9.17, 15) is 47.0 Å². The molecule has 17 nitrogen and oxygen atoms in total. The highest BCUT2D eigenvalue weighted by atomic mass is 19.4. The Bertz CT molecular complexity index is 1340. The fraction of sp³-hybridized carbons (Fsp3) is 0.500. The first-order valence-corrected chi connectivity index (χ1v) is 14.4. The van der Waals surface area contributed by atoms with E-state index in [4.69, 9.17) is 21.4 Å². The van der Waals surface area contributed by atoms with Crippen LogP contribution in [0.25, 0.3) is 0 Å². The van der Waals surface area contributed by atoms with Crippen molar-refractivity contribution in [3.63, 3.8) is 0 Å². The van der Waals surface area contributed by atoms with Gasteiger partial charge in [0, 0.05) is 13.0 Å². The van der Waals surface area contributed by atoms with Crippen molar-refractivity contribution in [1.29, 1.82) is 0 Å². The molecule has 1 saturated heterocycles. The van der Waals surface area contributed by atoms with Crippen LogP contribution in [-0.4, -0.2) is 101 Å². The minimum absolute atomic E-state index is 0.0199. The molecule has 2 rings (SSSR count). The van der Waals surface area contributed by atoms with Crippen LogP contribution in [0.4, 0.5) is 13.2 Å². The molecule has 4 atom stereocenters. The molecule has 1 aromatic carbocycles. The fourth-order valence-corrected chi connectivity index (χ4v) is 4.07. The molecule has 1 aliphatic rings. The first-order valence-electron chi connectivity index (χ1n) is 14.4. The summed E-state index contributed by atoms with van der Waals surface area (Å²) < 4.78 is 31.7. The van der Waals surface area contributed by atoms with Crippen LogP contribution in [0.2, 0.25) is 0 Å². The number of rotatable bonds is 9. The number of hydrogen-bond donors (Lipinski definition) is 9. The summed E-state index contributed by atoms with van der Waals surface area (Å²) in [5.74, 6) is -8.50. The number of carbonyl (C=O) groups excluding carboxylic acids is 5. The van der Waals surface area contributed by atoms with Crippen molar-refractivity contribution in [2.75, 3.05) is 13.1 Å². The van der Waals surface area contributed by atoms with Crippen molar-refractivity contribution in [1.82, 2.24) is 26.6 Å². The zero-order valence-corrected chi connectivity index (χ0v) is 26.0. The second kappa shape index (κ2) is 19.3. The van der Waals surface area contributed by atoms with Crippen LogP contribution in [0.5, 0.6) is 0 Å². The van der Waals surface area contributed by atoms with Gasteiger partial charge >= 0.3 is 18.1 Å². The lowest BCUT2D eigenvalue weighted by Crippen LogP contribution is -2.59. The molecule has 0 bridgehead atoms. The minimum atomic E-state index is -5.08. The number of benzene rings is 1. The SMILES string of the molecule is CC(C)C1NC(=O)C(Cc2ccccc2)NC(=O)C(CC(=O)O)NC(=O)CNC(=O)C(CCCN=C(N)N)NC1=O.O=C(O)C(F)(F)F. The Labute approximate surface area is 272 Å². The number of amides is 5. The number of carboxylic acids is 2. The van der Waals surface area contributed by atoms with Gasteiger partial charge in [0.2, 0.25) is 29.5 Å². The van der Waals surface area contributed by atoms with Crippen molar-refractivity contribution in [3.8, 4) is 0 Å². The van der Waals surface area contributed by atoms with Gasteiger partial charge in [-0.15, -0.1) is 0 Å². The molecule has 1 fully saturated rings. The topological polar surface area (TPSA) is 285 Å². The molecular formula is C28H39F3N8O9. The number of nitrogens with two attached hydrogens (primary N) is 2. The average molecular weight is 689 g/mol. The van der Waals surface area contributed by atoms with Crippen LogP contribution >= 0.6 is 0 Å². The normalized spacial score (nSPS) is 21.0. The number of halogens is 3. The Kier molecular flexibility index (Phi) is 16.3. The highest BCUT2D eigenvalue weighted by Gasteiger charge is 2.38. The molecular weight excluding hydrogens is 649 g/mol. The van der Waals surface area contributed by atoms with Gasteiger partial charge in [0.1, 0.15) is 24.2 Å².